The van der Waals surface area contributed by atoms with Crippen molar-refractivity contribution in [1.82, 2.24) is 0 Å². The summed E-state index contributed by atoms with van der Waals surface area (Å²) in [5.41, 5.74) is 3.84. The smallest absolute Gasteiger partial charge is 0.205 e. The largest absolute Gasteiger partial charge is 0.377 e. The van der Waals surface area contributed by atoms with Gasteiger partial charge in [0.05, 0.1) is 11.3 Å². The third-order valence-electron chi connectivity index (χ3n) is 3.24. The Bertz CT molecular complexity index is 618. The molecule has 0 radical (unpaired) electrons. The first-order valence-corrected chi connectivity index (χ1v) is 7.34. The van der Waals surface area contributed by atoms with Crippen molar-refractivity contribution in [3.63, 3.8) is 0 Å². The lowest BCUT2D eigenvalue weighted by Gasteiger charge is -2.20. The molecule has 0 aliphatic carbocycles. The number of hydrogen-bond donors (Lipinski definition) is 0. The molecule has 3 rings (SSSR count). The molecule has 2 aromatic rings. The van der Waals surface area contributed by atoms with Gasteiger partial charge < -0.3 is 4.90 Å². The van der Waals surface area contributed by atoms with E-state index < -0.39 is 0 Å². The van der Waals surface area contributed by atoms with E-state index in [0.29, 0.717) is 0 Å². The molecule has 2 nitrogen and oxygen atoms in total. The number of benzene rings is 2. The minimum Gasteiger partial charge on any atom is -0.377 e. The molecule has 1 heterocycles. The van der Waals surface area contributed by atoms with E-state index in [1.807, 2.05) is 11.8 Å². The number of thioether (sulfide) groups is 1. The van der Waals surface area contributed by atoms with E-state index in [1.165, 1.54) is 21.8 Å². The third-order valence-corrected chi connectivity index (χ3v) is 4.38. The molecule has 1 aliphatic rings. The number of fused-ring (bicyclic) bond motifs is 1. The second-order valence-corrected chi connectivity index (χ2v) is 5.75. The van der Waals surface area contributed by atoms with Gasteiger partial charge in [0.25, 0.3) is 0 Å². The van der Waals surface area contributed by atoms with Crippen LogP contribution in [0.4, 0.5) is 11.4 Å². The Morgan fingerprint density at radius 2 is 1.79 bits per heavy atom. The van der Waals surface area contributed by atoms with Gasteiger partial charge in [0, 0.05) is 31.1 Å². The van der Waals surface area contributed by atoms with E-state index in [4.69, 9.17) is 0 Å². The molecule has 96 valence electrons. The molecule has 0 spiro atoms. The van der Waals surface area contributed by atoms with Crippen molar-refractivity contribution >= 4 is 29.4 Å². The summed E-state index contributed by atoms with van der Waals surface area (Å²) in [6.45, 7) is 0. The Labute approximate surface area is 118 Å². The van der Waals surface area contributed by atoms with Crippen LogP contribution in [0.25, 0.3) is 0 Å². The van der Waals surface area contributed by atoms with E-state index in [0.717, 1.165) is 5.88 Å². The maximum absolute atomic E-state index is 2.30. The second kappa shape index (κ2) is 5.10. The standard InChI is InChI=1S/C16H17N2S/c1-17(2)15-10-6-7-13-11-18(12-19-16(13)15)14-8-4-3-5-9-14/h3-11H,12H2,1-2H3/q+1. The quantitative estimate of drug-likeness (QED) is 0.769. The predicted molar refractivity (Wildman–Crippen MR) is 83.0 cm³/mol. The highest BCUT2D eigenvalue weighted by molar-refractivity contribution is 7.99. The first-order chi connectivity index (χ1) is 9.25. The normalized spacial score (nSPS) is 13.7. The van der Waals surface area contributed by atoms with Crippen molar-refractivity contribution in [2.75, 3.05) is 24.9 Å². The third kappa shape index (κ3) is 2.38. The van der Waals surface area contributed by atoms with Crippen LogP contribution in [0.1, 0.15) is 5.56 Å². The Morgan fingerprint density at radius 1 is 1.00 bits per heavy atom. The van der Waals surface area contributed by atoms with E-state index in [1.54, 1.807) is 0 Å². The van der Waals surface area contributed by atoms with Gasteiger partial charge in [0.2, 0.25) is 5.69 Å². The van der Waals surface area contributed by atoms with Crippen molar-refractivity contribution in [2.45, 2.75) is 4.90 Å². The van der Waals surface area contributed by atoms with Crippen LogP contribution in [0, 0.1) is 0 Å². The summed E-state index contributed by atoms with van der Waals surface area (Å²) >= 11 is 1.90. The predicted octanol–water partition coefficient (Wildman–Crippen LogP) is 3.58. The molecule has 0 aromatic heterocycles. The number of para-hydroxylation sites is 1. The molecule has 0 saturated carbocycles. The van der Waals surface area contributed by atoms with Crippen LogP contribution < -0.4 is 4.90 Å². The first-order valence-electron chi connectivity index (χ1n) is 6.35. The van der Waals surface area contributed by atoms with Crippen LogP contribution in [-0.2, 0) is 0 Å². The Balaban J connectivity index is 2.05. The zero-order valence-electron chi connectivity index (χ0n) is 11.2. The van der Waals surface area contributed by atoms with Gasteiger partial charge in [0.1, 0.15) is 0 Å². The molecule has 0 fully saturated rings. The van der Waals surface area contributed by atoms with Gasteiger partial charge in [-0.2, -0.15) is 4.58 Å². The summed E-state index contributed by atoms with van der Waals surface area (Å²) in [6.07, 6.45) is 2.24. The van der Waals surface area contributed by atoms with E-state index >= 15 is 0 Å². The molecule has 0 bridgehead atoms. The van der Waals surface area contributed by atoms with E-state index in [2.05, 4.69) is 78.3 Å². The van der Waals surface area contributed by atoms with Crippen molar-refractivity contribution in [3.05, 3.63) is 54.1 Å². The molecule has 0 N–H and O–H groups in total. The van der Waals surface area contributed by atoms with Crippen LogP contribution in [0.3, 0.4) is 0 Å². The summed E-state index contributed by atoms with van der Waals surface area (Å²) in [7, 11) is 4.19. The van der Waals surface area contributed by atoms with Crippen molar-refractivity contribution in [2.24, 2.45) is 0 Å². The van der Waals surface area contributed by atoms with Gasteiger partial charge in [-0.05, 0) is 12.1 Å². The highest BCUT2D eigenvalue weighted by Gasteiger charge is 2.21. The first kappa shape index (κ1) is 12.3. The van der Waals surface area contributed by atoms with Crippen LogP contribution in [-0.4, -0.2) is 30.8 Å². The molecular weight excluding hydrogens is 252 g/mol. The van der Waals surface area contributed by atoms with Gasteiger partial charge in [0.15, 0.2) is 12.1 Å². The molecule has 0 saturated heterocycles. The molecule has 0 unspecified atom stereocenters. The number of hydrogen-bond acceptors (Lipinski definition) is 2. The zero-order chi connectivity index (χ0) is 13.2. The number of nitrogens with zero attached hydrogens (tertiary/aromatic N) is 2. The fourth-order valence-corrected chi connectivity index (χ4v) is 3.44. The van der Waals surface area contributed by atoms with Gasteiger partial charge in [-0.15, -0.1) is 0 Å². The van der Waals surface area contributed by atoms with Gasteiger partial charge in [-0.3, -0.25) is 0 Å². The van der Waals surface area contributed by atoms with E-state index in [-0.39, 0.29) is 0 Å². The van der Waals surface area contributed by atoms with Crippen LogP contribution in [0.5, 0.6) is 0 Å². The molecule has 2 aromatic carbocycles. The van der Waals surface area contributed by atoms with Crippen LogP contribution in [0.15, 0.2) is 53.4 Å². The van der Waals surface area contributed by atoms with E-state index in [9.17, 15) is 0 Å². The van der Waals surface area contributed by atoms with Crippen LogP contribution >= 0.6 is 11.8 Å². The SMILES string of the molecule is CN(C)c1cccc2c1SC[N+](c1ccccc1)=C2. The molecule has 1 aliphatic heterocycles. The zero-order valence-corrected chi connectivity index (χ0v) is 12.0. The Morgan fingerprint density at radius 3 is 2.53 bits per heavy atom. The minimum atomic E-state index is 0.960. The summed E-state index contributed by atoms with van der Waals surface area (Å²) < 4.78 is 2.30. The van der Waals surface area contributed by atoms with Crippen molar-refractivity contribution in [3.8, 4) is 0 Å². The monoisotopic (exact) mass is 269 g/mol. The summed E-state index contributed by atoms with van der Waals surface area (Å²) in [4.78, 5) is 3.55. The van der Waals surface area contributed by atoms with Crippen molar-refractivity contribution in [1.29, 1.82) is 0 Å². The average Bonchev–Trinajstić information content (AvgIpc) is 2.47. The lowest BCUT2D eigenvalue weighted by atomic mass is 10.2. The summed E-state index contributed by atoms with van der Waals surface area (Å²) in [5, 5.41) is 0. The summed E-state index contributed by atoms with van der Waals surface area (Å²) in [5.74, 6) is 0.960. The minimum absolute atomic E-state index is 0.960. The lowest BCUT2D eigenvalue weighted by Crippen LogP contribution is -2.16. The molecule has 19 heavy (non-hydrogen) atoms. The maximum atomic E-state index is 2.30. The van der Waals surface area contributed by atoms with Crippen molar-refractivity contribution < 1.29 is 4.58 Å². The molecule has 0 atom stereocenters. The lowest BCUT2D eigenvalue weighted by molar-refractivity contribution is -0.411. The maximum Gasteiger partial charge on any atom is 0.205 e. The van der Waals surface area contributed by atoms with Gasteiger partial charge in [-0.1, -0.05) is 36.0 Å². The molecule has 3 heteroatoms. The van der Waals surface area contributed by atoms with Crippen LogP contribution in [0.2, 0.25) is 0 Å². The highest BCUT2D eigenvalue weighted by atomic mass is 32.2. The summed E-state index contributed by atoms with van der Waals surface area (Å²) in [6, 6.07) is 17.0. The van der Waals surface area contributed by atoms with Gasteiger partial charge in [-0.25, -0.2) is 0 Å². The topological polar surface area (TPSA) is 6.25 Å². The number of rotatable bonds is 2. The average molecular weight is 269 g/mol. The highest BCUT2D eigenvalue weighted by Crippen LogP contribution is 2.35. The Kier molecular flexibility index (Phi) is 3.30. The fourth-order valence-electron chi connectivity index (χ4n) is 2.26. The fraction of sp³-hybridized carbons (Fsp3) is 0.188. The molecule has 0 amide bonds. The van der Waals surface area contributed by atoms with Gasteiger partial charge >= 0.3 is 0 Å². The molecular formula is C16H17N2S+. The number of anilines is 1. The Hall–Kier alpha value is -1.74. The second-order valence-electron chi connectivity index (χ2n) is 4.80.